The summed E-state index contributed by atoms with van der Waals surface area (Å²) in [6.07, 6.45) is -0.833. The van der Waals surface area contributed by atoms with Crippen LogP contribution in [0.1, 0.15) is 13.8 Å². The van der Waals surface area contributed by atoms with Crippen LogP contribution in [0.5, 0.6) is 0 Å². The Morgan fingerprint density at radius 1 is 1.43 bits per heavy atom. The fraction of sp³-hybridized carbons (Fsp3) is 0.750. The quantitative estimate of drug-likeness (QED) is 0.578. The molecule has 0 radical (unpaired) electrons. The van der Waals surface area contributed by atoms with Crippen molar-refractivity contribution in [3.63, 3.8) is 0 Å². The van der Waals surface area contributed by atoms with Gasteiger partial charge in [0, 0.05) is 0 Å². The van der Waals surface area contributed by atoms with Gasteiger partial charge in [-0.3, -0.25) is 0 Å². The van der Waals surface area contributed by atoms with E-state index in [1.54, 1.807) is 0 Å². The van der Waals surface area contributed by atoms with Gasteiger partial charge in [0.2, 0.25) is 0 Å². The zero-order valence-electron chi connectivity index (χ0n) is 8.19. The average Bonchev–Trinajstić information content (AvgIpc) is 2.10. The molecule has 0 saturated carbocycles. The van der Waals surface area contributed by atoms with Crippen molar-refractivity contribution in [2.45, 2.75) is 19.9 Å². The van der Waals surface area contributed by atoms with Crippen LogP contribution in [0.15, 0.2) is 0 Å². The minimum Gasteiger partial charge on any atom is -0.480 e. The Hall–Kier alpha value is -1.30. The number of carboxylic acids is 1. The molecule has 3 N–H and O–H groups in total. The Morgan fingerprint density at radius 3 is 2.36 bits per heavy atom. The second-order valence-corrected chi connectivity index (χ2v) is 3.21. The Labute approximate surface area is 81.9 Å². The largest absolute Gasteiger partial charge is 0.480 e. The summed E-state index contributed by atoms with van der Waals surface area (Å²) in [6.45, 7) is 3.26. The van der Waals surface area contributed by atoms with E-state index in [4.69, 9.17) is 10.2 Å². The van der Waals surface area contributed by atoms with E-state index >= 15 is 0 Å². The minimum absolute atomic E-state index is 0.179. The number of aliphatic carboxylic acids is 1. The predicted octanol–water partition coefficient (Wildman–Crippen LogP) is -0.186. The SMILES string of the molecule is CC(C)COC(=O)NC(CO)C(=O)O. The van der Waals surface area contributed by atoms with Gasteiger partial charge in [-0.1, -0.05) is 13.8 Å². The smallest absolute Gasteiger partial charge is 0.407 e. The normalized spacial score (nSPS) is 12.3. The van der Waals surface area contributed by atoms with E-state index in [-0.39, 0.29) is 12.5 Å². The topological polar surface area (TPSA) is 95.9 Å². The van der Waals surface area contributed by atoms with Crippen molar-refractivity contribution >= 4 is 12.1 Å². The first-order chi connectivity index (χ1) is 6.47. The summed E-state index contributed by atoms with van der Waals surface area (Å²) in [5.41, 5.74) is 0. The molecule has 14 heavy (non-hydrogen) atoms. The number of ether oxygens (including phenoxy) is 1. The van der Waals surface area contributed by atoms with Crippen LogP contribution < -0.4 is 5.32 Å². The summed E-state index contributed by atoms with van der Waals surface area (Å²) in [6, 6.07) is -1.31. The van der Waals surface area contributed by atoms with Gasteiger partial charge in [0.25, 0.3) is 0 Å². The molecule has 82 valence electrons. The number of aliphatic hydroxyl groups is 1. The van der Waals surface area contributed by atoms with Crippen LogP contribution in [0, 0.1) is 5.92 Å². The highest BCUT2D eigenvalue weighted by Crippen LogP contribution is 1.93. The zero-order valence-corrected chi connectivity index (χ0v) is 8.19. The summed E-state index contributed by atoms with van der Waals surface area (Å²) in [7, 11) is 0. The molecule has 1 amide bonds. The highest BCUT2D eigenvalue weighted by atomic mass is 16.5. The van der Waals surface area contributed by atoms with Gasteiger partial charge in [0.15, 0.2) is 6.04 Å². The second kappa shape index (κ2) is 6.20. The first kappa shape index (κ1) is 12.7. The van der Waals surface area contributed by atoms with Gasteiger partial charge in [-0.2, -0.15) is 0 Å². The number of alkyl carbamates (subject to hydrolysis) is 1. The third-order valence-corrected chi connectivity index (χ3v) is 1.32. The van der Waals surface area contributed by atoms with E-state index in [0.717, 1.165) is 0 Å². The lowest BCUT2D eigenvalue weighted by molar-refractivity contribution is -0.140. The lowest BCUT2D eigenvalue weighted by Crippen LogP contribution is -2.43. The minimum atomic E-state index is -1.31. The van der Waals surface area contributed by atoms with Crippen LogP contribution in [0.3, 0.4) is 0 Å². The highest BCUT2D eigenvalue weighted by molar-refractivity contribution is 5.79. The van der Waals surface area contributed by atoms with Crippen molar-refractivity contribution in [3.8, 4) is 0 Å². The molecule has 6 nitrogen and oxygen atoms in total. The molecule has 1 atom stereocenters. The van der Waals surface area contributed by atoms with Gasteiger partial charge in [0.05, 0.1) is 13.2 Å². The molecule has 0 aliphatic rings. The van der Waals surface area contributed by atoms with Crippen LogP contribution in [-0.4, -0.2) is 41.5 Å². The predicted molar refractivity (Wildman–Crippen MR) is 47.8 cm³/mol. The zero-order chi connectivity index (χ0) is 11.1. The molecule has 0 aliphatic heterocycles. The van der Waals surface area contributed by atoms with E-state index in [1.807, 2.05) is 19.2 Å². The third kappa shape index (κ3) is 5.36. The van der Waals surface area contributed by atoms with Crippen molar-refractivity contribution in [1.82, 2.24) is 5.32 Å². The van der Waals surface area contributed by atoms with Crippen LogP contribution in [0.25, 0.3) is 0 Å². The van der Waals surface area contributed by atoms with E-state index < -0.39 is 24.7 Å². The molecular formula is C8H15NO5. The fourth-order valence-corrected chi connectivity index (χ4v) is 0.612. The lowest BCUT2D eigenvalue weighted by atomic mass is 10.2. The molecule has 0 aliphatic carbocycles. The molecule has 6 heteroatoms. The molecule has 0 fully saturated rings. The van der Waals surface area contributed by atoms with Crippen molar-refractivity contribution in [2.24, 2.45) is 5.92 Å². The Morgan fingerprint density at radius 2 is 2.00 bits per heavy atom. The Kier molecular flexibility index (Phi) is 5.62. The molecular weight excluding hydrogens is 190 g/mol. The molecule has 0 heterocycles. The molecule has 0 bridgehead atoms. The van der Waals surface area contributed by atoms with Crippen molar-refractivity contribution < 1.29 is 24.5 Å². The summed E-state index contributed by atoms with van der Waals surface area (Å²) in [5.74, 6) is -1.12. The molecule has 0 rings (SSSR count). The maximum absolute atomic E-state index is 10.9. The van der Waals surface area contributed by atoms with Gasteiger partial charge >= 0.3 is 12.1 Å². The maximum atomic E-state index is 10.9. The van der Waals surface area contributed by atoms with E-state index in [0.29, 0.717) is 0 Å². The van der Waals surface area contributed by atoms with Crippen molar-refractivity contribution in [1.29, 1.82) is 0 Å². The molecule has 0 aromatic rings. The third-order valence-electron chi connectivity index (χ3n) is 1.32. The highest BCUT2D eigenvalue weighted by Gasteiger charge is 2.19. The average molecular weight is 205 g/mol. The van der Waals surface area contributed by atoms with E-state index in [1.165, 1.54) is 0 Å². The molecule has 0 aromatic carbocycles. The van der Waals surface area contributed by atoms with Gasteiger partial charge in [-0.25, -0.2) is 9.59 Å². The van der Waals surface area contributed by atoms with Gasteiger partial charge in [0.1, 0.15) is 0 Å². The van der Waals surface area contributed by atoms with Crippen LogP contribution in [0.4, 0.5) is 4.79 Å². The molecule has 0 saturated heterocycles. The van der Waals surface area contributed by atoms with Gasteiger partial charge in [-0.15, -0.1) is 0 Å². The number of amides is 1. The lowest BCUT2D eigenvalue weighted by Gasteiger charge is -2.12. The number of carbonyl (C=O) groups excluding carboxylic acids is 1. The fourth-order valence-electron chi connectivity index (χ4n) is 0.612. The molecule has 0 aromatic heterocycles. The number of rotatable bonds is 5. The van der Waals surface area contributed by atoms with Gasteiger partial charge in [-0.05, 0) is 5.92 Å². The molecule has 1 unspecified atom stereocenters. The van der Waals surface area contributed by atoms with Crippen LogP contribution in [0.2, 0.25) is 0 Å². The summed E-state index contributed by atoms with van der Waals surface area (Å²) in [5, 5.41) is 19.1. The van der Waals surface area contributed by atoms with Crippen molar-refractivity contribution in [2.75, 3.05) is 13.2 Å². The van der Waals surface area contributed by atoms with E-state index in [9.17, 15) is 9.59 Å². The van der Waals surface area contributed by atoms with Crippen LogP contribution >= 0.6 is 0 Å². The number of hydrogen-bond donors (Lipinski definition) is 3. The Bertz CT molecular complexity index is 204. The Balaban J connectivity index is 3.85. The first-order valence-corrected chi connectivity index (χ1v) is 4.24. The summed E-state index contributed by atoms with van der Waals surface area (Å²) >= 11 is 0. The maximum Gasteiger partial charge on any atom is 0.407 e. The standard InChI is InChI=1S/C8H15NO5/c1-5(2)4-14-8(13)9-6(3-10)7(11)12/h5-6,10H,3-4H2,1-2H3,(H,9,13)(H,11,12). The summed E-state index contributed by atoms with van der Waals surface area (Å²) in [4.78, 5) is 21.3. The number of nitrogens with one attached hydrogen (secondary N) is 1. The number of carbonyl (C=O) groups is 2. The van der Waals surface area contributed by atoms with Crippen molar-refractivity contribution in [3.05, 3.63) is 0 Å². The monoisotopic (exact) mass is 205 g/mol. The number of hydrogen-bond acceptors (Lipinski definition) is 4. The van der Waals surface area contributed by atoms with E-state index in [2.05, 4.69) is 4.74 Å². The van der Waals surface area contributed by atoms with Gasteiger partial charge < -0.3 is 20.3 Å². The number of aliphatic hydroxyl groups excluding tert-OH is 1. The summed E-state index contributed by atoms with van der Waals surface area (Å²) < 4.78 is 4.66. The van der Waals surface area contributed by atoms with Crippen LogP contribution in [-0.2, 0) is 9.53 Å². The first-order valence-electron chi connectivity index (χ1n) is 4.24. The second-order valence-electron chi connectivity index (χ2n) is 3.21. The molecule has 0 spiro atoms. The number of carboxylic acid groups (broad SMARTS) is 1.